The maximum atomic E-state index is 13.9. The van der Waals surface area contributed by atoms with Crippen molar-refractivity contribution in [2.75, 3.05) is 25.1 Å². The van der Waals surface area contributed by atoms with Gasteiger partial charge >= 0.3 is 0 Å². The number of rotatable bonds is 6. The third kappa shape index (κ3) is 4.25. The van der Waals surface area contributed by atoms with Crippen LogP contribution in [0.2, 0.25) is 0 Å². The van der Waals surface area contributed by atoms with Crippen molar-refractivity contribution in [3.05, 3.63) is 98.1 Å². The van der Waals surface area contributed by atoms with E-state index in [0.29, 0.717) is 32.5 Å². The van der Waals surface area contributed by atoms with E-state index in [1.165, 1.54) is 0 Å². The van der Waals surface area contributed by atoms with Crippen LogP contribution in [0.15, 0.2) is 65.6 Å². The minimum atomic E-state index is -0.389. The van der Waals surface area contributed by atoms with Gasteiger partial charge in [-0.2, -0.15) is 0 Å². The predicted molar refractivity (Wildman–Crippen MR) is 155 cm³/mol. The number of nitrogens with one attached hydrogen (secondary N) is 2. The Labute approximate surface area is 236 Å². The van der Waals surface area contributed by atoms with Crippen LogP contribution in [-0.4, -0.2) is 46.6 Å². The number of amides is 1. The average Bonchev–Trinajstić information content (AvgIpc) is 3.38. The molecule has 2 aromatic carbocycles. The normalized spacial score (nSPS) is 22.4. The number of fused-ring (bicyclic) bond motifs is 9. The number of non-ortho nitro benzene ring substituents is 1. The molecule has 4 unspecified atom stereocenters. The highest BCUT2D eigenvalue weighted by Gasteiger charge is 2.49. The Morgan fingerprint density at radius 1 is 1.17 bits per heavy atom. The first-order valence-electron chi connectivity index (χ1n) is 14.1. The number of ether oxygens (including phenoxy) is 1. The van der Waals surface area contributed by atoms with E-state index in [1.807, 2.05) is 47.2 Å². The van der Waals surface area contributed by atoms with Gasteiger partial charge in [0.15, 0.2) is 0 Å². The maximum Gasteiger partial charge on any atom is 0.269 e. The summed E-state index contributed by atoms with van der Waals surface area (Å²) in [6.45, 7) is 1.69. The Bertz CT molecular complexity index is 1740. The number of carbonyl (C=O) groups excluding carboxylic acids is 1. The Morgan fingerprint density at radius 2 is 2.05 bits per heavy atom. The summed E-state index contributed by atoms with van der Waals surface area (Å²) in [5, 5.41) is 15.8. The highest BCUT2D eigenvalue weighted by Crippen LogP contribution is 2.47. The summed E-state index contributed by atoms with van der Waals surface area (Å²) in [5.41, 5.74) is 4.94. The molecule has 2 N–H and O–H groups in total. The molecule has 41 heavy (non-hydrogen) atoms. The van der Waals surface area contributed by atoms with Gasteiger partial charge in [0.1, 0.15) is 5.75 Å². The number of nitro groups is 1. The second kappa shape index (κ2) is 9.79. The fourth-order valence-electron chi connectivity index (χ4n) is 7.39. The van der Waals surface area contributed by atoms with Crippen molar-refractivity contribution in [1.29, 1.82) is 0 Å². The molecule has 3 aliphatic heterocycles. The number of hydrogen-bond donors (Lipinski definition) is 2. The van der Waals surface area contributed by atoms with Crippen LogP contribution < -0.4 is 20.5 Å². The Morgan fingerprint density at radius 3 is 2.88 bits per heavy atom. The van der Waals surface area contributed by atoms with Crippen molar-refractivity contribution in [2.45, 2.75) is 37.8 Å². The zero-order valence-corrected chi connectivity index (χ0v) is 22.7. The number of methoxy groups -OCH3 is 1. The molecule has 0 aliphatic carbocycles. The lowest BCUT2D eigenvalue weighted by molar-refractivity contribution is -0.384. The molecule has 7 rings (SSSR count). The van der Waals surface area contributed by atoms with Crippen LogP contribution in [0.25, 0.3) is 10.9 Å². The molecule has 1 fully saturated rings. The second-order valence-corrected chi connectivity index (χ2v) is 11.4. The van der Waals surface area contributed by atoms with Gasteiger partial charge in [0.25, 0.3) is 11.2 Å². The lowest BCUT2D eigenvalue weighted by Gasteiger charge is -2.54. The molecule has 3 aliphatic rings. The first kappa shape index (κ1) is 25.4. The monoisotopic (exact) mass is 553 g/mol. The minimum Gasteiger partial charge on any atom is -0.497 e. The molecule has 1 amide bonds. The van der Waals surface area contributed by atoms with Crippen molar-refractivity contribution >= 4 is 28.2 Å². The summed E-state index contributed by atoms with van der Waals surface area (Å²) < 4.78 is 7.26. The molecule has 10 nitrogen and oxygen atoms in total. The van der Waals surface area contributed by atoms with E-state index in [-0.39, 0.29) is 45.9 Å². The molecular weight excluding hydrogens is 522 g/mol. The zero-order chi connectivity index (χ0) is 28.2. The number of piperidine rings is 1. The summed E-state index contributed by atoms with van der Waals surface area (Å²) in [5.74, 6) is 0.601. The SMILES string of the molecule is COc1ccc2[nH]cc(CCNC(=O)C3Cc4cc([N+](=O)[O-])ccc4N4CC5CC(Cn6c5cccc6=O)C34)c2c1. The van der Waals surface area contributed by atoms with Gasteiger partial charge in [-0.1, -0.05) is 6.07 Å². The predicted octanol–water partition coefficient (Wildman–Crippen LogP) is 3.77. The van der Waals surface area contributed by atoms with Crippen molar-refractivity contribution in [2.24, 2.45) is 11.8 Å². The van der Waals surface area contributed by atoms with Gasteiger partial charge < -0.3 is 24.5 Å². The number of nitro benzene ring substituents is 1. The standard InChI is InChI=1S/C31H31N5O5/c1-41-23-6-7-26-24(14-23)18(15-33-26)9-10-32-31(38)25-13-19-12-22(36(39)40)5-8-28(19)35-16-20-11-21(30(25)35)17-34-27(20)3-2-4-29(34)37/h2-8,12,14-15,20-21,25,30,33H,9-11,13,16-17H2,1H3,(H,32,38). The number of nitrogens with zero attached hydrogens (tertiary/aromatic N) is 3. The van der Waals surface area contributed by atoms with Gasteiger partial charge in [-0.05, 0) is 66.6 Å². The third-order valence-electron chi connectivity index (χ3n) is 9.21. The maximum absolute atomic E-state index is 13.9. The number of H-pyrrole nitrogens is 1. The quantitative estimate of drug-likeness (QED) is 0.277. The van der Waals surface area contributed by atoms with E-state index in [4.69, 9.17) is 4.74 Å². The van der Waals surface area contributed by atoms with Crippen molar-refractivity contribution in [1.82, 2.24) is 14.9 Å². The molecule has 0 saturated carbocycles. The van der Waals surface area contributed by atoms with Gasteiger partial charge in [0.05, 0.1) is 18.0 Å². The Kier molecular flexibility index (Phi) is 6.06. The van der Waals surface area contributed by atoms with Gasteiger partial charge in [-0.3, -0.25) is 19.7 Å². The van der Waals surface area contributed by atoms with Crippen molar-refractivity contribution in [3.8, 4) is 5.75 Å². The molecule has 2 aromatic heterocycles. The number of aromatic nitrogens is 2. The van der Waals surface area contributed by atoms with Gasteiger partial charge in [-0.25, -0.2) is 0 Å². The lowest BCUT2D eigenvalue weighted by atomic mass is 9.70. The van der Waals surface area contributed by atoms with E-state index in [0.717, 1.165) is 45.6 Å². The van der Waals surface area contributed by atoms with Crippen LogP contribution >= 0.6 is 0 Å². The number of benzene rings is 2. The van der Waals surface area contributed by atoms with Crippen LogP contribution in [0.1, 0.15) is 29.2 Å². The second-order valence-electron chi connectivity index (χ2n) is 11.4. The molecule has 0 radical (unpaired) electrons. The molecule has 4 atom stereocenters. The number of hydrogen-bond acceptors (Lipinski definition) is 6. The van der Waals surface area contributed by atoms with Crippen LogP contribution in [0.5, 0.6) is 5.75 Å². The molecule has 0 spiro atoms. The molecule has 4 aromatic rings. The molecular formula is C31H31N5O5. The van der Waals surface area contributed by atoms with E-state index in [1.54, 1.807) is 25.3 Å². The Balaban J connectivity index is 1.18. The lowest BCUT2D eigenvalue weighted by Crippen LogP contribution is -2.61. The highest BCUT2D eigenvalue weighted by atomic mass is 16.6. The van der Waals surface area contributed by atoms with Crippen LogP contribution in [-0.2, 0) is 24.2 Å². The molecule has 1 saturated heterocycles. The summed E-state index contributed by atoms with van der Waals surface area (Å²) in [7, 11) is 1.64. The van der Waals surface area contributed by atoms with E-state index in [9.17, 15) is 19.7 Å². The molecule has 5 heterocycles. The first-order chi connectivity index (χ1) is 19.9. The summed E-state index contributed by atoms with van der Waals surface area (Å²) in [4.78, 5) is 43.4. The number of aromatic amines is 1. The van der Waals surface area contributed by atoms with E-state index in [2.05, 4.69) is 15.2 Å². The Hall–Kier alpha value is -4.60. The van der Waals surface area contributed by atoms with E-state index >= 15 is 0 Å². The average molecular weight is 554 g/mol. The van der Waals surface area contributed by atoms with Crippen LogP contribution in [0.3, 0.4) is 0 Å². The minimum absolute atomic E-state index is 0.00570. The fraction of sp³-hybridized carbons (Fsp3) is 0.355. The van der Waals surface area contributed by atoms with Crippen molar-refractivity contribution in [3.63, 3.8) is 0 Å². The number of carbonyl (C=O) groups is 1. The fourth-order valence-corrected chi connectivity index (χ4v) is 7.39. The molecule has 210 valence electrons. The van der Waals surface area contributed by atoms with Crippen LogP contribution in [0, 0.1) is 22.0 Å². The molecule has 10 heteroatoms. The van der Waals surface area contributed by atoms with Gasteiger partial charge in [0, 0.05) is 78.3 Å². The van der Waals surface area contributed by atoms with Gasteiger partial charge in [0.2, 0.25) is 5.91 Å². The van der Waals surface area contributed by atoms with Crippen molar-refractivity contribution < 1.29 is 14.5 Å². The zero-order valence-electron chi connectivity index (χ0n) is 22.7. The largest absolute Gasteiger partial charge is 0.497 e. The summed E-state index contributed by atoms with van der Waals surface area (Å²) >= 11 is 0. The van der Waals surface area contributed by atoms with Crippen LogP contribution in [0.4, 0.5) is 11.4 Å². The number of anilines is 1. The van der Waals surface area contributed by atoms with E-state index < -0.39 is 0 Å². The first-order valence-corrected chi connectivity index (χ1v) is 14.1. The topological polar surface area (TPSA) is 122 Å². The summed E-state index contributed by atoms with van der Waals surface area (Å²) in [6, 6.07) is 16.2. The molecule has 2 bridgehead atoms. The smallest absolute Gasteiger partial charge is 0.269 e. The third-order valence-corrected chi connectivity index (χ3v) is 9.21. The summed E-state index contributed by atoms with van der Waals surface area (Å²) in [6.07, 6.45) is 3.95. The number of pyridine rings is 1. The van der Waals surface area contributed by atoms with Gasteiger partial charge in [-0.15, -0.1) is 0 Å². The highest BCUT2D eigenvalue weighted by molar-refractivity contribution is 5.85.